The Morgan fingerprint density at radius 3 is 2.68 bits per heavy atom. The number of esters is 1. The second kappa shape index (κ2) is 8.10. The molecule has 0 bridgehead atoms. The van der Waals surface area contributed by atoms with E-state index in [0.29, 0.717) is 19.3 Å². The highest BCUT2D eigenvalue weighted by molar-refractivity contribution is 5.75. The summed E-state index contributed by atoms with van der Waals surface area (Å²) in [5.74, 6) is -4.53. The molecule has 0 radical (unpaired) electrons. The molecule has 180 valence electrons. The van der Waals surface area contributed by atoms with Crippen molar-refractivity contribution in [3.05, 3.63) is 64.8 Å². The number of alkyl halides is 3. The van der Waals surface area contributed by atoms with Gasteiger partial charge in [-0.3, -0.25) is 4.79 Å². The lowest BCUT2D eigenvalue weighted by Gasteiger charge is -2.50. The van der Waals surface area contributed by atoms with Gasteiger partial charge in [0.25, 0.3) is 0 Å². The highest BCUT2D eigenvalue weighted by atomic mass is 19.4. The van der Waals surface area contributed by atoms with Gasteiger partial charge in [0.15, 0.2) is 0 Å². The first-order valence-electron chi connectivity index (χ1n) is 11.6. The van der Waals surface area contributed by atoms with Gasteiger partial charge in [-0.2, -0.15) is 18.3 Å². The standard InChI is InChI=1S/C26H26F4N2O2/c1-3-34-24(33)23-19-9-4-16-12-22-15(14-31-32(22)18-7-5-17(27)6-8-18)13-25(16,2)20(19)10-11-21(23)26(28,29)30/h5-8,10,12,14,19,21,23H,3-4,9,11,13H2,1-2H3/t19-,21+,23+,25-/m0/s1. The lowest BCUT2D eigenvalue weighted by molar-refractivity contribution is -0.204. The lowest BCUT2D eigenvalue weighted by Crippen LogP contribution is -2.48. The van der Waals surface area contributed by atoms with E-state index in [9.17, 15) is 22.4 Å². The molecule has 4 atom stereocenters. The summed E-state index contributed by atoms with van der Waals surface area (Å²) in [5, 5.41) is 4.51. The molecule has 5 rings (SSSR count). The fourth-order valence-corrected chi connectivity index (χ4v) is 6.13. The van der Waals surface area contributed by atoms with E-state index in [4.69, 9.17) is 4.74 Å². The average molecular weight is 474 g/mol. The monoisotopic (exact) mass is 474 g/mol. The van der Waals surface area contributed by atoms with E-state index in [0.717, 1.165) is 28.1 Å². The summed E-state index contributed by atoms with van der Waals surface area (Å²) in [6, 6.07) is 6.09. The third-order valence-corrected chi connectivity index (χ3v) is 7.72. The molecule has 1 heterocycles. The van der Waals surface area contributed by atoms with Crippen LogP contribution in [0.1, 0.15) is 44.4 Å². The van der Waals surface area contributed by atoms with Gasteiger partial charge in [0.1, 0.15) is 5.82 Å². The minimum absolute atomic E-state index is 0.0556. The maximum Gasteiger partial charge on any atom is 0.392 e. The van der Waals surface area contributed by atoms with E-state index in [1.165, 1.54) is 12.1 Å². The van der Waals surface area contributed by atoms with Gasteiger partial charge in [0.2, 0.25) is 0 Å². The molecule has 0 unspecified atom stereocenters. The van der Waals surface area contributed by atoms with E-state index in [1.807, 2.05) is 0 Å². The second-order valence-electron chi connectivity index (χ2n) is 9.59. The summed E-state index contributed by atoms with van der Waals surface area (Å²) >= 11 is 0. The summed E-state index contributed by atoms with van der Waals surface area (Å²) in [6.45, 7) is 3.73. The number of nitrogens with zero attached hydrogens (tertiary/aromatic N) is 2. The van der Waals surface area contributed by atoms with E-state index in [-0.39, 0.29) is 18.8 Å². The Morgan fingerprint density at radius 1 is 1.26 bits per heavy atom. The van der Waals surface area contributed by atoms with Crippen molar-refractivity contribution in [2.45, 2.75) is 45.7 Å². The Labute approximate surface area is 195 Å². The first-order valence-corrected chi connectivity index (χ1v) is 11.6. The van der Waals surface area contributed by atoms with E-state index >= 15 is 0 Å². The van der Waals surface area contributed by atoms with Gasteiger partial charge < -0.3 is 4.74 Å². The molecule has 0 N–H and O–H groups in total. The minimum Gasteiger partial charge on any atom is -0.466 e. The molecular formula is C26H26F4N2O2. The van der Waals surface area contributed by atoms with Crippen LogP contribution in [-0.4, -0.2) is 28.5 Å². The highest BCUT2D eigenvalue weighted by Crippen LogP contribution is 2.59. The predicted octanol–water partition coefficient (Wildman–Crippen LogP) is 6.06. The largest absolute Gasteiger partial charge is 0.466 e. The maximum atomic E-state index is 13.9. The molecule has 1 saturated carbocycles. The molecule has 2 aromatic rings. The molecule has 1 aromatic carbocycles. The second-order valence-corrected chi connectivity index (χ2v) is 9.59. The molecular weight excluding hydrogens is 448 g/mol. The minimum atomic E-state index is -4.47. The van der Waals surface area contributed by atoms with Gasteiger partial charge in [-0.15, -0.1) is 0 Å². The number of halogens is 4. The number of hydrogen-bond acceptors (Lipinski definition) is 3. The molecule has 0 saturated heterocycles. The molecule has 3 aliphatic rings. The number of aromatic nitrogens is 2. The molecule has 4 nitrogen and oxygen atoms in total. The number of carbonyl (C=O) groups is 1. The zero-order valence-corrected chi connectivity index (χ0v) is 19.0. The summed E-state index contributed by atoms with van der Waals surface area (Å²) in [6.07, 6.45) is 2.52. The van der Waals surface area contributed by atoms with Crippen molar-refractivity contribution in [2.75, 3.05) is 6.61 Å². The van der Waals surface area contributed by atoms with Gasteiger partial charge in [-0.1, -0.05) is 24.1 Å². The molecule has 8 heteroatoms. The van der Waals surface area contributed by atoms with Crippen LogP contribution < -0.4 is 0 Å². The number of rotatable bonds is 3. The number of hydrogen-bond donors (Lipinski definition) is 0. The van der Waals surface area contributed by atoms with E-state index < -0.39 is 35.3 Å². The highest BCUT2D eigenvalue weighted by Gasteiger charge is 2.56. The quantitative estimate of drug-likeness (QED) is 0.309. The van der Waals surface area contributed by atoms with E-state index in [1.54, 1.807) is 36.0 Å². The molecule has 1 fully saturated rings. The fourth-order valence-electron chi connectivity index (χ4n) is 6.13. The zero-order chi connectivity index (χ0) is 24.3. The van der Waals surface area contributed by atoms with Crippen molar-refractivity contribution >= 4 is 12.0 Å². The molecule has 3 aliphatic carbocycles. The summed E-state index contributed by atoms with van der Waals surface area (Å²) in [4.78, 5) is 12.8. The molecule has 34 heavy (non-hydrogen) atoms. The van der Waals surface area contributed by atoms with Crippen molar-refractivity contribution in [3.63, 3.8) is 0 Å². The third-order valence-electron chi connectivity index (χ3n) is 7.72. The van der Waals surface area contributed by atoms with Crippen LogP contribution in [0.15, 0.2) is 47.7 Å². The van der Waals surface area contributed by atoms with Crippen molar-refractivity contribution < 1.29 is 27.1 Å². The Balaban J connectivity index is 1.54. The van der Waals surface area contributed by atoms with Crippen LogP contribution in [0.2, 0.25) is 0 Å². The van der Waals surface area contributed by atoms with Crippen molar-refractivity contribution in [1.29, 1.82) is 0 Å². The van der Waals surface area contributed by atoms with Gasteiger partial charge >= 0.3 is 12.1 Å². The lowest BCUT2D eigenvalue weighted by atomic mass is 9.54. The fraction of sp³-hybridized carbons (Fsp3) is 0.462. The maximum absolute atomic E-state index is 13.9. The Kier molecular flexibility index (Phi) is 5.45. The smallest absolute Gasteiger partial charge is 0.392 e. The normalized spacial score (nSPS) is 28.2. The topological polar surface area (TPSA) is 44.1 Å². The summed E-state index contributed by atoms with van der Waals surface area (Å²) in [7, 11) is 0. The molecule has 0 aliphatic heterocycles. The number of allylic oxidation sites excluding steroid dienone is 3. The van der Waals surface area contributed by atoms with Crippen molar-refractivity contribution in [2.24, 2.45) is 23.2 Å². The number of carbonyl (C=O) groups excluding carboxylic acids is 1. The van der Waals surface area contributed by atoms with Crippen LogP contribution in [0.4, 0.5) is 17.6 Å². The van der Waals surface area contributed by atoms with Crippen molar-refractivity contribution in [3.8, 4) is 5.69 Å². The predicted molar refractivity (Wildman–Crippen MR) is 118 cm³/mol. The summed E-state index contributed by atoms with van der Waals surface area (Å²) < 4.78 is 61.9. The van der Waals surface area contributed by atoms with Crippen molar-refractivity contribution in [1.82, 2.24) is 9.78 Å². The van der Waals surface area contributed by atoms with Gasteiger partial charge in [0, 0.05) is 5.41 Å². The molecule has 0 amide bonds. The van der Waals surface area contributed by atoms with Gasteiger partial charge in [0.05, 0.1) is 36.0 Å². The van der Waals surface area contributed by atoms with Crippen LogP contribution in [0, 0.1) is 29.0 Å². The Hall–Kier alpha value is -2.90. The van der Waals surface area contributed by atoms with Crippen LogP contribution >= 0.6 is 0 Å². The first kappa shape index (κ1) is 22.9. The number of fused-ring (bicyclic) bond motifs is 4. The van der Waals surface area contributed by atoms with E-state index in [2.05, 4.69) is 18.1 Å². The van der Waals surface area contributed by atoms with Gasteiger partial charge in [-0.05, 0) is 74.4 Å². The number of ether oxygens (including phenoxy) is 1. The van der Waals surface area contributed by atoms with Crippen LogP contribution in [-0.2, 0) is 16.0 Å². The molecule has 0 spiro atoms. The molecule has 1 aromatic heterocycles. The Morgan fingerprint density at radius 2 is 2.00 bits per heavy atom. The summed E-state index contributed by atoms with van der Waals surface area (Å²) in [5.41, 5.74) is 4.17. The number of benzene rings is 1. The third kappa shape index (κ3) is 3.58. The average Bonchev–Trinajstić information content (AvgIpc) is 3.18. The zero-order valence-electron chi connectivity index (χ0n) is 19.0. The SMILES string of the molecule is CCOC(=O)[C@H]1[C@H](C(F)(F)F)CC=C2[C@@H]1CCC1=Cc3c(cnn3-c3ccc(F)cc3)C[C@@]12C. The Bertz CT molecular complexity index is 1180. The van der Waals surface area contributed by atoms with Crippen LogP contribution in [0.5, 0.6) is 0 Å². The van der Waals surface area contributed by atoms with Crippen LogP contribution in [0.25, 0.3) is 11.8 Å². The first-order chi connectivity index (χ1) is 16.1. The van der Waals surface area contributed by atoms with Crippen LogP contribution in [0.3, 0.4) is 0 Å². The van der Waals surface area contributed by atoms with Gasteiger partial charge in [-0.25, -0.2) is 9.07 Å².